The second-order valence-electron chi connectivity index (χ2n) is 7.12. The number of carbonyl (C=O) groups excluding carboxylic acids is 1. The minimum atomic E-state index is -3.97. The lowest BCUT2D eigenvalue weighted by molar-refractivity contribution is -0.119. The van der Waals surface area contributed by atoms with Crippen LogP contribution in [-0.2, 0) is 14.8 Å². The summed E-state index contributed by atoms with van der Waals surface area (Å²) in [7, 11) is -3.97. The summed E-state index contributed by atoms with van der Waals surface area (Å²) in [5.74, 6) is -0.590. The van der Waals surface area contributed by atoms with Crippen LogP contribution >= 0.6 is 0 Å². The summed E-state index contributed by atoms with van der Waals surface area (Å²) in [4.78, 5) is 12.7. The van der Waals surface area contributed by atoms with E-state index in [0.29, 0.717) is 16.8 Å². The zero-order chi connectivity index (χ0) is 23.1. The summed E-state index contributed by atoms with van der Waals surface area (Å²) in [6, 6.07) is 21.9. The van der Waals surface area contributed by atoms with Crippen LogP contribution in [0.15, 0.2) is 82.8 Å². The number of rotatable bonds is 7. The molecule has 0 atom stereocenters. The van der Waals surface area contributed by atoms with Crippen molar-refractivity contribution in [2.75, 3.05) is 10.8 Å². The molecule has 0 aliphatic carbocycles. The van der Waals surface area contributed by atoms with Gasteiger partial charge in [-0.15, -0.1) is 0 Å². The molecule has 0 radical (unpaired) electrons. The average molecular weight is 447 g/mol. The largest absolute Gasteiger partial charge is 0.271 e. The summed E-state index contributed by atoms with van der Waals surface area (Å²) in [6.07, 6.45) is 1.42. The van der Waals surface area contributed by atoms with Gasteiger partial charge in [0, 0.05) is 0 Å². The van der Waals surface area contributed by atoms with Gasteiger partial charge >= 0.3 is 0 Å². The highest BCUT2D eigenvalue weighted by atomic mass is 32.2. The third kappa shape index (κ3) is 5.39. The number of aryl methyl sites for hydroxylation is 2. The molecule has 0 spiro atoms. The molecule has 3 aromatic rings. The Balaban J connectivity index is 1.83. The second-order valence-corrected chi connectivity index (χ2v) is 8.98. The number of amides is 1. The van der Waals surface area contributed by atoms with E-state index in [0.717, 1.165) is 15.4 Å². The zero-order valence-electron chi connectivity index (χ0n) is 17.7. The maximum absolute atomic E-state index is 13.3. The van der Waals surface area contributed by atoms with E-state index in [2.05, 4.69) is 10.5 Å². The first-order chi connectivity index (χ1) is 15.3. The van der Waals surface area contributed by atoms with Crippen LogP contribution in [0.25, 0.3) is 0 Å². The molecule has 8 heteroatoms. The van der Waals surface area contributed by atoms with Crippen LogP contribution in [0.1, 0.15) is 22.3 Å². The average Bonchev–Trinajstić information content (AvgIpc) is 2.80. The van der Waals surface area contributed by atoms with E-state index in [1.165, 1.54) is 18.3 Å². The lowest BCUT2D eigenvalue weighted by Crippen LogP contribution is -2.39. The van der Waals surface area contributed by atoms with Crippen molar-refractivity contribution in [3.8, 4) is 6.07 Å². The Labute approximate surface area is 187 Å². The Morgan fingerprint density at radius 2 is 1.72 bits per heavy atom. The maximum Gasteiger partial charge on any atom is 0.264 e. The lowest BCUT2D eigenvalue weighted by Gasteiger charge is -2.24. The standard InChI is InChI=1S/C24H22N4O3S/c1-18-8-13-22(14-19(18)2)28(32(30,31)23-6-4-3-5-7-23)17-24(29)27-26-16-21-11-9-20(15-25)10-12-21/h3-14,16H,17H2,1-2H3,(H,27,29)/b26-16-. The maximum atomic E-state index is 13.3. The minimum absolute atomic E-state index is 0.0899. The fourth-order valence-electron chi connectivity index (χ4n) is 2.90. The number of hydrazone groups is 1. The Kier molecular flexibility index (Phi) is 7.03. The first-order valence-corrected chi connectivity index (χ1v) is 11.2. The number of hydrogen-bond acceptors (Lipinski definition) is 5. The number of nitrogens with one attached hydrogen (secondary N) is 1. The van der Waals surface area contributed by atoms with E-state index < -0.39 is 22.5 Å². The van der Waals surface area contributed by atoms with Gasteiger partial charge in [0.15, 0.2) is 0 Å². The number of benzene rings is 3. The molecule has 0 fully saturated rings. The van der Waals surface area contributed by atoms with Crippen LogP contribution in [0.4, 0.5) is 5.69 Å². The molecule has 0 saturated carbocycles. The van der Waals surface area contributed by atoms with Gasteiger partial charge in [0.2, 0.25) is 0 Å². The van der Waals surface area contributed by atoms with Crippen molar-refractivity contribution < 1.29 is 13.2 Å². The van der Waals surface area contributed by atoms with Crippen molar-refractivity contribution in [1.29, 1.82) is 5.26 Å². The van der Waals surface area contributed by atoms with Gasteiger partial charge in [-0.3, -0.25) is 9.10 Å². The number of nitrogens with zero attached hydrogens (tertiary/aromatic N) is 3. The van der Waals surface area contributed by atoms with Crippen LogP contribution in [0.2, 0.25) is 0 Å². The van der Waals surface area contributed by atoms with Gasteiger partial charge in [0.25, 0.3) is 15.9 Å². The summed E-state index contributed by atoms with van der Waals surface area (Å²) in [6.45, 7) is 3.37. The number of nitriles is 1. The van der Waals surface area contributed by atoms with E-state index in [1.807, 2.05) is 26.0 Å². The summed E-state index contributed by atoms with van der Waals surface area (Å²) < 4.78 is 27.7. The molecular formula is C24H22N4O3S. The summed E-state index contributed by atoms with van der Waals surface area (Å²) >= 11 is 0. The molecule has 0 unspecified atom stereocenters. The van der Waals surface area contributed by atoms with Crippen molar-refractivity contribution in [2.45, 2.75) is 18.7 Å². The number of carbonyl (C=O) groups is 1. The first-order valence-electron chi connectivity index (χ1n) is 9.78. The number of hydrogen-bond donors (Lipinski definition) is 1. The molecule has 1 amide bonds. The molecule has 3 aromatic carbocycles. The lowest BCUT2D eigenvalue weighted by atomic mass is 10.1. The van der Waals surface area contributed by atoms with Crippen LogP contribution in [-0.4, -0.2) is 27.1 Å². The molecule has 0 heterocycles. The van der Waals surface area contributed by atoms with Gasteiger partial charge in [0.1, 0.15) is 6.54 Å². The topological polar surface area (TPSA) is 103 Å². The highest BCUT2D eigenvalue weighted by Gasteiger charge is 2.27. The highest BCUT2D eigenvalue weighted by Crippen LogP contribution is 2.25. The third-order valence-electron chi connectivity index (χ3n) is 4.84. The summed E-state index contributed by atoms with van der Waals surface area (Å²) in [5, 5.41) is 12.7. The van der Waals surface area contributed by atoms with Crippen LogP contribution < -0.4 is 9.73 Å². The van der Waals surface area contributed by atoms with Crippen molar-refractivity contribution in [1.82, 2.24) is 5.43 Å². The molecular weight excluding hydrogens is 424 g/mol. The van der Waals surface area contributed by atoms with Gasteiger partial charge in [-0.1, -0.05) is 36.4 Å². The minimum Gasteiger partial charge on any atom is -0.271 e. The molecule has 0 aliphatic rings. The fourth-order valence-corrected chi connectivity index (χ4v) is 4.34. The van der Waals surface area contributed by atoms with Gasteiger partial charge in [-0.05, 0) is 66.9 Å². The molecule has 7 nitrogen and oxygen atoms in total. The van der Waals surface area contributed by atoms with Crippen LogP contribution in [0.5, 0.6) is 0 Å². The molecule has 0 bridgehead atoms. The van der Waals surface area contributed by atoms with E-state index in [1.54, 1.807) is 54.6 Å². The number of sulfonamides is 1. The second kappa shape index (κ2) is 9.90. The molecule has 0 aliphatic heterocycles. The van der Waals surface area contributed by atoms with E-state index in [9.17, 15) is 13.2 Å². The van der Waals surface area contributed by atoms with Crippen molar-refractivity contribution >= 4 is 27.8 Å². The normalized spacial score (nSPS) is 11.2. The van der Waals surface area contributed by atoms with Crippen LogP contribution in [0.3, 0.4) is 0 Å². The third-order valence-corrected chi connectivity index (χ3v) is 6.63. The van der Waals surface area contributed by atoms with Crippen molar-refractivity contribution in [3.63, 3.8) is 0 Å². The molecule has 0 aromatic heterocycles. The van der Waals surface area contributed by atoms with Crippen LogP contribution in [0, 0.1) is 25.2 Å². The Morgan fingerprint density at radius 3 is 2.34 bits per heavy atom. The quantitative estimate of drug-likeness (QED) is 0.443. The Morgan fingerprint density at radius 1 is 1.03 bits per heavy atom. The van der Waals surface area contributed by atoms with E-state index in [-0.39, 0.29) is 4.90 Å². The van der Waals surface area contributed by atoms with Gasteiger partial charge in [0.05, 0.1) is 28.4 Å². The van der Waals surface area contributed by atoms with Crippen molar-refractivity contribution in [3.05, 3.63) is 95.1 Å². The zero-order valence-corrected chi connectivity index (χ0v) is 18.5. The molecule has 162 valence electrons. The molecule has 32 heavy (non-hydrogen) atoms. The monoisotopic (exact) mass is 446 g/mol. The van der Waals surface area contributed by atoms with Crippen molar-refractivity contribution in [2.24, 2.45) is 5.10 Å². The van der Waals surface area contributed by atoms with Gasteiger partial charge in [-0.2, -0.15) is 10.4 Å². The number of anilines is 1. The SMILES string of the molecule is Cc1ccc(N(CC(=O)N/N=C\c2ccc(C#N)cc2)S(=O)(=O)c2ccccc2)cc1C. The highest BCUT2D eigenvalue weighted by molar-refractivity contribution is 7.92. The predicted octanol–water partition coefficient (Wildman–Crippen LogP) is 3.52. The predicted molar refractivity (Wildman–Crippen MR) is 124 cm³/mol. The Hall–Kier alpha value is -3.96. The first kappa shape index (κ1) is 22.7. The molecule has 3 rings (SSSR count). The van der Waals surface area contributed by atoms with E-state index >= 15 is 0 Å². The van der Waals surface area contributed by atoms with Gasteiger partial charge in [-0.25, -0.2) is 13.8 Å². The molecule has 0 saturated heterocycles. The smallest absolute Gasteiger partial charge is 0.264 e. The Bertz CT molecular complexity index is 1280. The fraction of sp³-hybridized carbons (Fsp3) is 0.125. The molecule has 1 N–H and O–H groups in total. The summed E-state index contributed by atoms with van der Waals surface area (Å²) in [5.41, 5.74) is 5.89. The van der Waals surface area contributed by atoms with Gasteiger partial charge < -0.3 is 0 Å². The van der Waals surface area contributed by atoms with E-state index in [4.69, 9.17) is 5.26 Å².